The number of hydrogen-bond donors (Lipinski definition) is 3. The predicted octanol–water partition coefficient (Wildman–Crippen LogP) is 2.51. The summed E-state index contributed by atoms with van der Waals surface area (Å²) in [6.45, 7) is 4.53. The lowest BCUT2D eigenvalue weighted by atomic mass is 10.3. The third-order valence-corrected chi connectivity index (χ3v) is 5.26. The summed E-state index contributed by atoms with van der Waals surface area (Å²) in [4.78, 5) is 26.7. The van der Waals surface area contributed by atoms with Gasteiger partial charge in [-0.15, -0.1) is 11.3 Å². The maximum Gasteiger partial charge on any atom is 0.219 e. The van der Waals surface area contributed by atoms with Gasteiger partial charge in [0.25, 0.3) is 0 Å². The van der Waals surface area contributed by atoms with Crippen LogP contribution in [0.15, 0.2) is 18.3 Å². The van der Waals surface area contributed by atoms with E-state index in [9.17, 15) is 4.79 Å². The molecule has 128 valence electrons. The average molecular weight is 355 g/mol. The molecule has 0 atom stereocenters. The molecule has 1 amide bonds. The number of rotatable bonds is 4. The molecule has 25 heavy (non-hydrogen) atoms. The van der Waals surface area contributed by atoms with Gasteiger partial charge in [0.15, 0.2) is 5.82 Å². The molecule has 8 nitrogen and oxygen atoms in total. The highest BCUT2D eigenvalue weighted by Crippen LogP contribution is 2.36. The molecule has 4 rings (SSSR count). The molecular weight excluding hydrogens is 338 g/mol. The second kappa shape index (κ2) is 5.85. The Morgan fingerprint density at radius 3 is 2.92 bits per heavy atom. The van der Waals surface area contributed by atoms with Gasteiger partial charge in [0.2, 0.25) is 5.91 Å². The minimum absolute atomic E-state index is 0.0103. The van der Waals surface area contributed by atoms with E-state index in [1.165, 1.54) is 0 Å². The van der Waals surface area contributed by atoms with Gasteiger partial charge in [-0.3, -0.25) is 9.89 Å². The minimum Gasteiger partial charge on any atom is -0.382 e. The van der Waals surface area contributed by atoms with Crippen LogP contribution in [0.25, 0.3) is 31.8 Å². The fourth-order valence-electron chi connectivity index (χ4n) is 2.82. The largest absolute Gasteiger partial charge is 0.382 e. The fraction of sp³-hybridized carbons (Fsp3) is 0.250. The van der Waals surface area contributed by atoms with Crippen molar-refractivity contribution in [3.8, 4) is 10.6 Å². The van der Waals surface area contributed by atoms with Crippen LogP contribution in [0.4, 0.5) is 5.82 Å². The molecule has 9 heteroatoms. The number of hydrogen-bond acceptors (Lipinski definition) is 6. The quantitative estimate of drug-likeness (QED) is 0.520. The van der Waals surface area contributed by atoms with E-state index < -0.39 is 0 Å². The van der Waals surface area contributed by atoms with Crippen LogP contribution in [0.3, 0.4) is 0 Å². The van der Waals surface area contributed by atoms with E-state index in [0.717, 1.165) is 26.3 Å². The number of aromatic nitrogens is 5. The van der Waals surface area contributed by atoms with E-state index >= 15 is 0 Å². The number of anilines is 1. The number of nitrogens with zero attached hydrogens (tertiary/aromatic N) is 4. The van der Waals surface area contributed by atoms with E-state index in [2.05, 4.69) is 25.1 Å². The van der Waals surface area contributed by atoms with E-state index in [1.807, 2.05) is 19.1 Å². The molecule has 0 unspecified atom stereocenters. The van der Waals surface area contributed by atoms with E-state index in [4.69, 9.17) is 5.73 Å². The minimum atomic E-state index is 0.0103. The maximum atomic E-state index is 11.6. The summed E-state index contributed by atoms with van der Waals surface area (Å²) in [5.74, 6) is 1.08. The summed E-state index contributed by atoms with van der Waals surface area (Å²) in [6.07, 6.45) is 1.78. The lowest BCUT2D eigenvalue weighted by Crippen LogP contribution is -2.28. The van der Waals surface area contributed by atoms with Crippen LogP contribution in [0, 0.1) is 0 Å². The Morgan fingerprint density at radius 2 is 2.24 bits per heavy atom. The van der Waals surface area contributed by atoms with Crippen LogP contribution in [-0.4, -0.2) is 42.5 Å². The molecule has 0 aromatic carbocycles. The predicted molar refractivity (Wildman–Crippen MR) is 98.0 cm³/mol. The summed E-state index contributed by atoms with van der Waals surface area (Å²) in [5, 5.41) is 7.03. The Morgan fingerprint density at radius 1 is 1.40 bits per heavy atom. The van der Waals surface area contributed by atoms with Gasteiger partial charge in [0.05, 0.1) is 27.2 Å². The van der Waals surface area contributed by atoms with Gasteiger partial charge >= 0.3 is 0 Å². The lowest BCUT2D eigenvalue weighted by molar-refractivity contribution is -0.129. The first-order chi connectivity index (χ1) is 12.1. The lowest BCUT2D eigenvalue weighted by Gasteiger charge is -2.16. The zero-order valence-electron chi connectivity index (χ0n) is 13.8. The van der Waals surface area contributed by atoms with Gasteiger partial charge in [-0.05, 0) is 19.1 Å². The van der Waals surface area contributed by atoms with Crippen molar-refractivity contribution in [1.29, 1.82) is 0 Å². The number of nitrogen functional groups attached to an aromatic ring is 1. The Kier molecular flexibility index (Phi) is 3.65. The number of nitrogens with one attached hydrogen (secondary N) is 2. The molecule has 0 saturated heterocycles. The molecular formula is C16H17N7OS. The molecule has 4 aromatic heterocycles. The van der Waals surface area contributed by atoms with Crippen LogP contribution < -0.4 is 5.73 Å². The summed E-state index contributed by atoms with van der Waals surface area (Å²) in [7, 11) is 0. The fourth-order valence-corrected chi connectivity index (χ4v) is 3.89. The van der Waals surface area contributed by atoms with Crippen LogP contribution in [-0.2, 0) is 11.3 Å². The van der Waals surface area contributed by atoms with E-state index in [-0.39, 0.29) is 5.91 Å². The number of H-pyrrole nitrogens is 2. The van der Waals surface area contributed by atoms with E-state index in [0.29, 0.717) is 30.2 Å². The average Bonchev–Trinajstić information content (AvgIpc) is 3.30. The third kappa shape index (κ3) is 2.62. The van der Waals surface area contributed by atoms with E-state index in [1.54, 1.807) is 29.4 Å². The van der Waals surface area contributed by atoms with Crippen LogP contribution in [0.1, 0.15) is 19.7 Å². The zero-order chi connectivity index (χ0) is 17.6. The molecule has 4 aromatic rings. The van der Waals surface area contributed by atoms with Gasteiger partial charge in [-0.1, -0.05) is 0 Å². The standard InChI is InChI=1S/C16H17N7OS/c1-3-23(8(2)24)7-12-20-13-14(21-12)16(17)19-10-6-11(25-15(10)13)9-4-5-18-22-9/h4-6H,3,7H2,1-2H3,(H2,17,19)(H,18,22)(H,20,21). The van der Waals surface area contributed by atoms with Gasteiger partial charge in [-0.2, -0.15) is 5.10 Å². The molecule has 4 heterocycles. The normalized spacial score (nSPS) is 11.4. The zero-order valence-corrected chi connectivity index (χ0v) is 14.6. The smallest absolute Gasteiger partial charge is 0.219 e. The van der Waals surface area contributed by atoms with Gasteiger partial charge in [0, 0.05) is 19.7 Å². The molecule has 4 N–H and O–H groups in total. The highest BCUT2D eigenvalue weighted by Gasteiger charge is 2.17. The summed E-state index contributed by atoms with van der Waals surface area (Å²) in [5.41, 5.74) is 9.25. The second-order valence-corrected chi connectivity index (χ2v) is 6.77. The molecule has 0 saturated carbocycles. The summed E-state index contributed by atoms with van der Waals surface area (Å²) in [6, 6.07) is 3.88. The molecule has 0 fully saturated rings. The number of pyridine rings is 1. The van der Waals surface area contributed by atoms with Crippen molar-refractivity contribution in [1.82, 2.24) is 30.0 Å². The first-order valence-electron chi connectivity index (χ1n) is 7.90. The Bertz CT molecular complexity index is 1060. The third-order valence-electron chi connectivity index (χ3n) is 4.10. The highest BCUT2D eigenvalue weighted by molar-refractivity contribution is 7.23. The molecule has 0 spiro atoms. The number of imidazole rings is 1. The number of amides is 1. The number of fused-ring (bicyclic) bond motifs is 3. The molecule has 0 radical (unpaired) electrons. The Labute approximate surface area is 147 Å². The van der Waals surface area contributed by atoms with Crippen LogP contribution >= 0.6 is 11.3 Å². The van der Waals surface area contributed by atoms with Crippen LogP contribution in [0.2, 0.25) is 0 Å². The topological polar surface area (TPSA) is 117 Å². The van der Waals surface area contributed by atoms with Crippen molar-refractivity contribution < 1.29 is 4.79 Å². The SMILES string of the molecule is CCN(Cc1nc2c(N)nc3cc(-c4cc[nH]n4)sc3c2[nH]1)C(C)=O. The number of nitrogens with two attached hydrogens (primary N) is 1. The van der Waals surface area contributed by atoms with Crippen molar-refractivity contribution in [3.05, 3.63) is 24.2 Å². The van der Waals surface area contributed by atoms with Crippen molar-refractivity contribution in [2.24, 2.45) is 0 Å². The molecule has 0 aliphatic rings. The molecule has 0 aliphatic carbocycles. The Balaban J connectivity index is 1.84. The monoisotopic (exact) mass is 355 g/mol. The summed E-state index contributed by atoms with van der Waals surface area (Å²) < 4.78 is 0.979. The molecule has 0 aliphatic heterocycles. The number of carbonyl (C=O) groups is 1. The first kappa shape index (κ1) is 15.6. The first-order valence-corrected chi connectivity index (χ1v) is 8.71. The van der Waals surface area contributed by atoms with Gasteiger partial charge in [0.1, 0.15) is 17.0 Å². The summed E-state index contributed by atoms with van der Waals surface area (Å²) >= 11 is 1.59. The second-order valence-electron chi connectivity index (χ2n) is 5.72. The van der Waals surface area contributed by atoms with Crippen molar-refractivity contribution >= 4 is 44.3 Å². The van der Waals surface area contributed by atoms with Gasteiger partial charge in [-0.25, -0.2) is 9.97 Å². The van der Waals surface area contributed by atoms with Gasteiger partial charge < -0.3 is 15.6 Å². The van der Waals surface area contributed by atoms with Crippen molar-refractivity contribution in [3.63, 3.8) is 0 Å². The number of aromatic amines is 2. The number of carbonyl (C=O) groups excluding carboxylic acids is 1. The van der Waals surface area contributed by atoms with Crippen molar-refractivity contribution in [2.45, 2.75) is 20.4 Å². The van der Waals surface area contributed by atoms with Crippen LogP contribution in [0.5, 0.6) is 0 Å². The number of thiophene rings is 1. The molecule has 0 bridgehead atoms. The van der Waals surface area contributed by atoms with Crippen molar-refractivity contribution in [2.75, 3.05) is 12.3 Å². The maximum absolute atomic E-state index is 11.6. The highest BCUT2D eigenvalue weighted by atomic mass is 32.1. The Hall–Kier alpha value is -2.94.